The number of halogens is 4. The first-order valence-electron chi connectivity index (χ1n) is 7.28. The fourth-order valence-electron chi connectivity index (χ4n) is 2.25. The van der Waals surface area contributed by atoms with Gasteiger partial charge in [0.25, 0.3) is 5.91 Å². The van der Waals surface area contributed by atoms with Crippen molar-refractivity contribution in [2.24, 2.45) is 0 Å². The van der Waals surface area contributed by atoms with Gasteiger partial charge in [0.05, 0.1) is 11.1 Å². The molecule has 0 saturated heterocycles. The topological polar surface area (TPSA) is 29.1 Å². The molecule has 1 N–H and O–H groups in total. The van der Waals surface area contributed by atoms with Crippen LogP contribution in [0.15, 0.2) is 42.5 Å². The van der Waals surface area contributed by atoms with Crippen molar-refractivity contribution in [2.75, 3.05) is 5.32 Å². The van der Waals surface area contributed by atoms with Crippen LogP contribution in [-0.2, 0) is 11.6 Å². The zero-order valence-corrected chi connectivity index (χ0v) is 13.5. The first-order valence-corrected chi connectivity index (χ1v) is 7.28. The van der Waals surface area contributed by atoms with Gasteiger partial charge in [-0.2, -0.15) is 13.2 Å². The Balaban J connectivity index is 2.39. The van der Waals surface area contributed by atoms with Crippen LogP contribution in [0.4, 0.5) is 23.2 Å². The van der Waals surface area contributed by atoms with Crippen molar-refractivity contribution in [3.63, 3.8) is 0 Å². The quantitative estimate of drug-likeness (QED) is 0.730. The second-order valence-corrected chi connectivity index (χ2v) is 6.45. The van der Waals surface area contributed by atoms with Crippen LogP contribution >= 0.6 is 0 Å². The molecule has 2 aromatic carbocycles. The van der Waals surface area contributed by atoms with E-state index in [0.29, 0.717) is 11.8 Å². The van der Waals surface area contributed by atoms with Crippen molar-refractivity contribution in [3.05, 3.63) is 65.0 Å². The summed E-state index contributed by atoms with van der Waals surface area (Å²) in [7, 11) is 0. The van der Waals surface area contributed by atoms with E-state index in [1.807, 2.05) is 26.8 Å². The Morgan fingerprint density at radius 2 is 1.62 bits per heavy atom. The molecular formula is C18H17F4NO. The predicted molar refractivity (Wildman–Crippen MR) is 84.5 cm³/mol. The van der Waals surface area contributed by atoms with Gasteiger partial charge in [0.15, 0.2) is 0 Å². The minimum Gasteiger partial charge on any atom is -0.322 e. The Morgan fingerprint density at radius 1 is 1.00 bits per heavy atom. The molecule has 0 aliphatic carbocycles. The number of rotatable bonds is 2. The van der Waals surface area contributed by atoms with Gasteiger partial charge in [-0.05, 0) is 35.2 Å². The maximum atomic E-state index is 13.8. The van der Waals surface area contributed by atoms with Gasteiger partial charge in [-0.3, -0.25) is 4.79 Å². The fourth-order valence-corrected chi connectivity index (χ4v) is 2.25. The third-order valence-corrected chi connectivity index (χ3v) is 3.53. The average Bonchev–Trinajstić information content (AvgIpc) is 2.45. The number of anilines is 1. The molecule has 0 spiro atoms. The second kappa shape index (κ2) is 6.26. The van der Waals surface area contributed by atoms with E-state index in [4.69, 9.17) is 0 Å². The van der Waals surface area contributed by atoms with Crippen LogP contribution in [0.3, 0.4) is 0 Å². The summed E-state index contributed by atoms with van der Waals surface area (Å²) in [5.41, 5.74) is -1.30. The van der Waals surface area contributed by atoms with E-state index in [1.165, 1.54) is 0 Å². The Morgan fingerprint density at radius 3 is 2.21 bits per heavy atom. The first kappa shape index (κ1) is 18.0. The van der Waals surface area contributed by atoms with E-state index in [9.17, 15) is 22.4 Å². The standard InChI is InChI=1S/C18H17F4NO/c1-17(2,3)11-6-4-7-12(10-11)23-16(24)15-13(18(20,21)22)8-5-9-14(15)19/h4-10H,1-3H3,(H,23,24). The molecule has 2 aromatic rings. The molecule has 0 radical (unpaired) electrons. The normalized spacial score (nSPS) is 12.1. The van der Waals surface area contributed by atoms with E-state index in [2.05, 4.69) is 5.32 Å². The molecule has 128 valence electrons. The molecule has 0 unspecified atom stereocenters. The van der Waals surface area contributed by atoms with Crippen molar-refractivity contribution in [1.82, 2.24) is 0 Å². The summed E-state index contributed by atoms with van der Waals surface area (Å²) in [6.45, 7) is 5.89. The zero-order valence-electron chi connectivity index (χ0n) is 13.5. The van der Waals surface area contributed by atoms with Gasteiger partial charge >= 0.3 is 6.18 Å². The molecule has 0 heterocycles. The Hall–Kier alpha value is -2.37. The number of amides is 1. The third kappa shape index (κ3) is 3.93. The largest absolute Gasteiger partial charge is 0.417 e. The second-order valence-electron chi connectivity index (χ2n) is 6.45. The molecule has 6 heteroatoms. The maximum Gasteiger partial charge on any atom is 0.417 e. The number of carbonyl (C=O) groups is 1. The highest BCUT2D eigenvalue weighted by molar-refractivity contribution is 6.05. The molecule has 1 amide bonds. The SMILES string of the molecule is CC(C)(C)c1cccc(NC(=O)c2c(F)cccc2C(F)(F)F)c1. The van der Waals surface area contributed by atoms with Gasteiger partial charge in [0.1, 0.15) is 5.82 Å². The molecule has 0 aliphatic rings. The summed E-state index contributed by atoms with van der Waals surface area (Å²) in [6.07, 6.45) is -4.82. The van der Waals surface area contributed by atoms with Gasteiger partial charge in [-0.1, -0.05) is 39.0 Å². The lowest BCUT2D eigenvalue weighted by atomic mass is 9.87. The number of benzene rings is 2. The molecule has 0 atom stereocenters. The van der Waals surface area contributed by atoms with Crippen LogP contribution in [0.1, 0.15) is 42.3 Å². The molecule has 0 fully saturated rings. The van der Waals surface area contributed by atoms with Gasteiger partial charge in [0, 0.05) is 5.69 Å². The molecule has 0 aromatic heterocycles. The number of hydrogen-bond donors (Lipinski definition) is 1. The Labute approximate surface area is 137 Å². The Bertz CT molecular complexity index is 760. The van der Waals surface area contributed by atoms with Crippen molar-refractivity contribution in [1.29, 1.82) is 0 Å². The number of alkyl halides is 3. The van der Waals surface area contributed by atoms with Crippen LogP contribution in [0.5, 0.6) is 0 Å². The molecule has 0 bridgehead atoms. The molecule has 24 heavy (non-hydrogen) atoms. The molecular weight excluding hydrogens is 322 g/mol. The van der Waals surface area contributed by atoms with Crippen LogP contribution in [0, 0.1) is 5.82 Å². The predicted octanol–water partition coefficient (Wildman–Crippen LogP) is 5.39. The van der Waals surface area contributed by atoms with Gasteiger partial charge in [-0.25, -0.2) is 4.39 Å². The van der Waals surface area contributed by atoms with Gasteiger partial charge < -0.3 is 5.32 Å². The van der Waals surface area contributed by atoms with Crippen LogP contribution in [-0.4, -0.2) is 5.91 Å². The summed E-state index contributed by atoms with van der Waals surface area (Å²) >= 11 is 0. The number of carbonyl (C=O) groups excluding carboxylic acids is 1. The number of hydrogen-bond acceptors (Lipinski definition) is 1. The van der Waals surface area contributed by atoms with Crippen molar-refractivity contribution >= 4 is 11.6 Å². The highest BCUT2D eigenvalue weighted by Gasteiger charge is 2.36. The highest BCUT2D eigenvalue weighted by Crippen LogP contribution is 2.33. The van der Waals surface area contributed by atoms with Crippen LogP contribution < -0.4 is 5.32 Å². The molecule has 2 nitrogen and oxygen atoms in total. The lowest BCUT2D eigenvalue weighted by Crippen LogP contribution is -2.21. The van der Waals surface area contributed by atoms with E-state index >= 15 is 0 Å². The fraction of sp³-hybridized carbons (Fsp3) is 0.278. The summed E-state index contributed by atoms with van der Waals surface area (Å²) < 4.78 is 52.8. The first-order chi connectivity index (χ1) is 11.0. The highest BCUT2D eigenvalue weighted by atomic mass is 19.4. The van der Waals surface area contributed by atoms with E-state index in [0.717, 1.165) is 17.7 Å². The summed E-state index contributed by atoms with van der Waals surface area (Å²) in [4.78, 5) is 12.2. The minimum atomic E-state index is -4.82. The zero-order chi connectivity index (χ0) is 18.1. The van der Waals surface area contributed by atoms with Crippen molar-refractivity contribution < 1.29 is 22.4 Å². The van der Waals surface area contributed by atoms with Crippen LogP contribution in [0.2, 0.25) is 0 Å². The summed E-state index contributed by atoms with van der Waals surface area (Å²) in [5.74, 6) is -2.35. The monoisotopic (exact) mass is 339 g/mol. The van der Waals surface area contributed by atoms with E-state index < -0.39 is 29.0 Å². The molecule has 2 rings (SSSR count). The Kier molecular flexibility index (Phi) is 4.69. The van der Waals surface area contributed by atoms with Gasteiger partial charge in [0.2, 0.25) is 0 Å². The van der Waals surface area contributed by atoms with Crippen molar-refractivity contribution in [3.8, 4) is 0 Å². The smallest absolute Gasteiger partial charge is 0.322 e. The number of nitrogens with one attached hydrogen (secondary N) is 1. The molecule has 0 saturated carbocycles. The van der Waals surface area contributed by atoms with E-state index in [1.54, 1.807) is 18.2 Å². The third-order valence-electron chi connectivity index (χ3n) is 3.53. The lowest BCUT2D eigenvalue weighted by molar-refractivity contribution is -0.138. The lowest BCUT2D eigenvalue weighted by Gasteiger charge is -2.20. The summed E-state index contributed by atoms with van der Waals surface area (Å²) in [5, 5.41) is 2.35. The minimum absolute atomic E-state index is 0.199. The van der Waals surface area contributed by atoms with Crippen molar-refractivity contribution in [2.45, 2.75) is 32.4 Å². The van der Waals surface area contributed by atoms with Gasteiger partial charge in [-0.15, -0.1) is 0 Å². The average molecular weight is 339 g/mol. The van der Waals surface area contributed by atoms with E-state index in [-0.39, 0.29) is 5.41 Å². The summed E-state index contributed by atoms with van der Waals surface area (Å²) in [6, 6.07) is 9.17. The molecule has 0 aliphatic heterocycles. The van der Waals surface area contributed by atoms with Crippen LogP contribution in [0.25, 0.3) is 0 Å². The maximum absolute atomic E-state index is 13.8.